The van der Waals surface area contributed by atoms with E-state index in [1.165, 1.54) is 23.5 Å². The summed E-state index contributed by atoms with van der Waals surface area (Å²) in [6.45, 7) is -2.81. The van der Waals surface area contributed by atoms with E-state index in [4.69, 9.17) is 4.52 Å². The Bertz CT molecular complexity index is 714. The van der Waals surface area contributed by atoms with Gasteiger partial charge >= 0.3 is 6.61 Å². The molecule has 0 aliphatic heterocycles. The van der Waals surface area contributed by atoms with Crippen molar-refractivity contribution >= 4 is 11.3 Å². The van der Waals surface area contributed by atoms with Crippen LogP contribution >= 0.6 is 11.3 Å². The van der Waals surface area contributed by atoms with Crippen LogP contribution in [0.4, 0.5) is 8.78 Å². The number of aromatic nitrogens is 3. The number of hydrogen-bond acceptors (Lipinski definition) is 6. The summed E-state index contributed by atoms with van der Waals surface area (Å²) in [5, 5.41) is 6.42. The molecule has 0 amide bonds. The van der Waals surface area contributed by atoms with Crippen LogP contribution in [0.2, 0.25) is 0 Å². The van der Waals surface area contributed by atoms with E-state index in [0.29, 0.717) is 29.6 Å². The molecule has 22 heavy (non-hydrogen) atoms. The molecule has 0 unspecified atom stereocenters. The Hall–Kier alpha value is -2.35. The number of rotatable bonds is 6. The standard InChI is InChI=1S/C14H11F2N3O2S/c15-14(16)20-10-4-1-9(2-5-10)3-6-11-18-12(21-19-11)13-17-7-8-22-13/h1-2,4-5,7-8,14H,3,6H2. The first-order valence-electron chi connectivity index (χ1n) is 6.47. The summed E-state index contributed by atoms with van der Waals surface area (Å²) < 4.78 is 33.6. The van der Waals surface area contributed by atoms with Crippen LogP contribution in [-0.4, -0.2) is 21.7 Å². The molecule has 5 nitrogen and oxygen atoms in total. The SMILES string of the molecule is FC(F)Oc1ccc(CCc2noc(-c3nccs3)n2)cc1. The van der Waals surface area contributed by atoms with E-state index in [2.05, 4.69) is 19.9 Å². The van der Waals surface area contributed by atoms with E-state index < -0.39 is 6.61 Å². The molecule has 114 valence electrons. The highest BCUT2D eigenvalue weighted by Gasteiger charge is 2.11. The molecule has 0 aliphatic carbocycles. The van der Waals surface area contributed by atoms with E-state index in [0.717, 1.165) is 5.56 Å². The second-order valence-corrected chi connectivity index (χ2v) is 5.27. The highest BCUT2D eigenvalue weighted by atomic mass is 32.1. The van der Waals surface area contributed by atoms with Crippen molar-refractivity contribution < 1.29 is 18.0 Å². The molecule has 0 atom stereocenters. The zero-order valence-corrected chi connectivity index (χ0v) is 12.1. The maximum atomic E-state index is 12.1. The highest BCUT2D eigenvalue weighted by Crippen LogP contribution is 2.20. The zero-order valence-electron chi connectivity index (χ0n) is 11.3. The maximum Gasteiger partial charge on any atom is 0.387 e. The molecule has 0 bridgehead atoms. The van der Waals surface area contributed by atoms with Crippen LogP contribution < -0.4 is 4.74 Å². The topological polar surface area (TPSA) is 61.0 Å². The Balaban J connectivity index is 1.58. The first-order valence-corrected chi connectivity index (χ1v) is 7.35. The zero-order chi connectivity index (χ0) is 15.4. The number of halogens is 2. The molecule has 0 spiro atoms. The Morgan fingerprint density at radius 3 is 2.68 bits per heavy atom. The lowest BCUT2D eigenvalue weighted by atomic mass is 10.1. The molecule has 0 saturated carbocycles. The third-order valence-electron chi connectivity index (χ3n) is 2.87. The molecule has 2 aromatic heterocycles. The monoisotopic (exact) mass is 323 g/mol. The van der Waals surface area contributed by atoms with Crippen LogP contribution in [0.15, 0.2) is 40.4 Å². The summed E-state index contributed by atoms with van der Waals surface area (Å²) >= 11 is 1.43. The van der Waals surface area contributed by atoms with Gasteiger partial charge in [-0.15, -0.1) is 11.3 Å². The number of alkyl halides is 2. The van der Waals surface area contributed by atoms with E-state index in [1.807, 2.05) is 5.38 Å². The number of thiazole rings is 1. The quantitative estimate of drug-likeness (QED) is 0.694. The fraction of sp³-hybridized carbons (Fsp3) is 0.214. The van der Waals surface area contributed by atoms with Crippen molar-refractivity contribution in [3.05, 3.63) is 47.2 Å². The molecular weight excluding hydrogens is 312 g/mol. The lowest BCUT2D eigenvalue weighted by Gasteiger charge is -2.05. The van der Waals surface area contributed by atoms with Gasteiger partial charge in [-0.2, -0.15) is 13.8 Å². The molecule has 0 fully saturated rings. The van der Waals surface area contributed by atoms with Gasteiger partial charge in [-0.25, -0.2) is 4.98 Å². The van der Waals surface area contributed by atoms with Crippen LogP contribution in [0, 0.1) is 0 Å². The largest absolute Gasteiger partial charge is 0.435 e. The first kappa shape index (κ1) is 14.6. The smallest absolute Gasteiger partial charge is 0.387 e. The molecule has 0 aliphatic rings. The number of aryl methyl sites for hydroxylation is 2. The second kappa shape index (κ2) is 6.61. The number of ether oxygens (including phenoxy) is 1. The summed E-state index contributed by atoms with van der Waals surface area (Å²) in [6.07, 6.45) is 2.93. The van der Waals surface area contributed by atoms with Crippen LogP contribution in [0.5, 0.6) is 5.75 Å². The molecule has 8 heteroatoms. The fourth-order valence-corrected chi connectivity index (χ4v) is 2.42. The van der Waals surface area contributed by atoms with Gasteiger partial charge in [0.05, 0.1) is 0 Å². The van der Waals surface area contributed by atoms with Crippen LogP contribution in [0.25, 0.3) is 10.9 Å². The van der Waals surface area contributed by atoms with Crippen molar-refractivity contribution in [2.24, 2.45) is 0 Å². The van der Waals surface area contributed by atoms with Crippen molar-refractivity contribution in [2.45, 2.75) is 19.5 Å². The van der Waals surface area contributed by atoms with Gasteiger partial charge in [0, 0.05) is 18.0 Å². The van der Waals surface area contributed by atoms with Crippen molar-refractivity contribution in [1.29, 1.82) is 0 Å². The Kier molecular flexibility index (Phi) is 4.38. The third-order valence-corrected chi connectivity index (χ3v) is 3.63. The molecule has 0 saturated heterocycles. The van der Waals surface area contributed by atoms with Crippen LogP contribution in [0.1, 0.15) is 11.4 Å². The summed E-state index contributed by atoms with van der Waals surface area (Å²) in [5.41, 5.74) is 0.974. The van der Waals surface area contributed by atoms with E-state index in [-0.39, 0.29) is 5.75 Å². The van der Waals surface area contributed by atoms with Gasteiger partial charge < -0.3 is 9.26 Å². The van der Waals surface area contributed by atoms with Crippen LogP contribution in [0.3, 0.4) is 0 Å². The highest BCUT2D eigenvalue weighted by molar-refractivity contribution is 7.12. The lowest BCUT2D eigenvalue weighted by molar-refractivity contribution is -0.0498. The Morgan fingerprint density at radius 2 is 2.00 bits per heavy atom. The van der Waals surface area contributed by atoms with Gasteiger partial charge in [0.25, 0.3) is 5.89 Å². The van der Waals surface area contributed by atoms with E-state index in [1.54, 1.807) is 18.3 Å². The van der Waals surface area contributed by atoms with Crippen molar-refractivity contribution in [3.63, 3.8) is 0 Å². The summed E-state index contributed by atoms with van der Waals surface area (Å²) in [7, 11) is 0. The molecule has 2 heterocycles. The Labute approximate surface area is 128 Å². The summed E-state index contributed by atoms with van der Waals surface area (Å²) in [6, 6.07) is 6.50. The van der Waals surface area contributed by atoms with Gasteiger partial charge in [0.2, 0.25) is 0 Å². The minimum absolute atomic E-state index is 0.143. The maximum absolute atomic E-state index is 12.1. The number of hydrogen-bond donors (Lipinski definition) is 0. The van der Waals surface area contributed by atoms with Gasteiger partial charge in [0.1, 0.15) is 5.75 Å². The molecule has 3 rings (SSSR count). The number of benzene rings is 1. The summed E-state index contributed by atoms with van der Waals surface area (Å²) in [4.78, 5) is 8.37. The normalized spacial score (nSPS) is 11.0. The van der Waals surface area contributed by atoms with Crippen molar-refractivity contribution in [1.82, 2.24) is 15.1 Å². The predicted molar refractivity (Wildman–Crippen MR) is 75.9 cm³/mol. The molecule has 0 radical (unpaired) electrons. The third kappa shape index (κ3) is 3.64. The van der Waals surface area contributed by atoms with Gasteiger partial charge in [-0.1, -0.05) is 17.3 Å². The Morgan fingerprint density at radius 1 is 1.18 bits per heavy atom. The van der Waals surface area contributed by atoms with Gasteiger partial charge in [-0.3, -0.25) is 0 Å². The molecule has 0 N–H and O–H groups in total. The predicted octanol–water partition coefficient (Wildman–Crippen LogP) is 3.58. The molecule has 3 aromatic rings. The van der Waals surface area contributed by atoms with Gasteiger partial charge in [-0.05, 0) is 24.1 Å². The minimum Gasteiger partial charge on any atom is -0.435 e. The van der Waals surface area contributed by atoms with Crippen molar-refractivity contribution in [3.8, 4) is 16.6 Å². The van der Waals surface area contributed by atoms with Crippen LogP contribution in [-0.2, 0) is 12.8 Å². The average molecular weight is 323 g/mol. The van der Waals surface area contributed by atoms with E-state index >= 15 is 0 Å². The minimum atomic E-state index is -2.81. The second-order valence-electron chi connectivity index (χ2n) is 4.38. The average Bonchev–Trinajstić information content (AvgIpc) is 3.17. The fourth-order valence-electron chi connectivity index (χ4n) is 1.87. The molecular formula is C14H11F2N3O2S. The first-order chi connectivity index (χ1) is 10.7. The van der Waals surface area contributed by atoms with Crippen molar-refractivity contribution in [2.75, 3.05) is 0 Å². The summed E-state index contributed by atoms with van der Waals surface area (Å²) in [5.74, 6) is 1.13. The van der Waals surface area contributed by atoms with E-state index in [9.17, 15) is 8.78 Å². The molecule has 1 aromatic carbocycles. The van der Waals surface area contributed by atoms with Gasteiger partial charge in [0.15, 0.2) is 10.8 Å². The number of nitrogens with zero attached hydrogens (tertiary/aromatic N) is 3. The lowest BCUT2D eigenvalue weighted by Crippen LogP contribution is -2.01.